The van der Waals surface area contributed by atoms with Crippen molar-refractivity contribution < 1.29 is 24.5 Å². The molecule has 1 amide bonds. The molecule has 0 bridgehead atoms. The molecule has 1 atom stereocenters. The van der Waals surface area contributed by atoms with Gasteiger partial charge in [0.05, 0.1) is 17.8 Å². The zero-order valence-corrected chi connectivity index (χ0v) is 12.7. The van der Waals surface area contributed by atoms with Gasteiger partial charge in [0, 0.05) is 17.2 Å². The van der Waals surface area contributed by atoms with Crippen molar-refractivity contribution in [3.63, 3.8) is 0 Å². The van der Waals surface area contributed by atoms with Crippen LogP contribution in [-0.4, -0.2) is 29.0 Å². The summed E-state index contributed by atoms with van der Waals surface area (Å²) in [5.41, 5.74) is -2.05. The fourth-order valence-corrected chi connectivity index (χ4v) is 2.72. The minimum absolute atomic E-state index is 0.0470. The molecule has 0 spiro atoms. The summed E-state index contributed by atoms with van der Waals surface area (Å²) in [4.78, 5) is 25.1. The van der Waals surface area contributed by atoms with Crippen LogP contribution < -0.4 is 10.1 Å². The van der Waals surface area contributed by atoms with E-state index in [0.29, 0.717) is 5.75 Å². The summed E-state index contributed by atoms with van der Waals surface area (Å²) in [5, 5.41) is 22.7. The number of carbonyl (C=O) groups is 2. The van der Waals surface area contributed by atoms with Crippen molar-refractivity contribution in [2.24, 2.45) is 0 Å². The van der Waals surface area contributed by atoms with Gasteiger partial charge in [-0.15, -0.1) is 0 Å². The van der Waals surface area contributed by atoms with Gasteiger partial charge in [-0.25, -0.2) is 0 Å². The molecule has 1 aliphatic heterocycles. The second-order valence-electron chi connectivity index (χ2n) is 5.07. The first-order chi connectivity index (χ1) is 10.9. The Morgan fingerprint density at radius 2 is 1.83 bits per heavy atom. The average molecular weight is 334 g/mol. The monoisotopic (exact) mass is 333 g/mol. The Kier molecular flexibility index (Phi) is 3.50. The van der Waals surface area contributed by atoms with E-state index in [1.807, 2.05) is 0 Å². The van der Waals surface area contributed by atoms with E-state index in [1.54, 1.807) is 0 Å². The van der Waals surface area contributed by atoms with Crippen molar-refractivity contribution >= 4 is 29.0 Å². The number of nitrogens with one attached hydrogen (secondary N) is 1. The summed E-state index contributed by atoms with van der Waals surface area (Å²) in [5.74, 6) is -1.43. The van der Waals surface area contributed by atoms with Gasteiger partial charge in [0.2, 0.25) is 11.4 Å². The number of carbonyl (C=O) groups excluding carboxylic acids is 2. The summed E-state index contributed by atoms with van der Waals surface area (Å²) in [6, 6.07) is 7.94. The van der Waals surface area contributed by atoms with E-state index in [0.717, 1.165) is 0 Å². The number of phenols is 1. The molecule has 0 saturated heterocycles. The molecular formula is C16H12ClNO5. The number of halogens is 1. The number of fused-ring (bicyclic) bond motifs is 1. The zero-order valence-electron chi connectivity index (χ0n) is 12.0. The lowest BCUT2D eigenvalue weighted by molar-refractivity contribution is -0.130. The molecule has 1 aliphatic rings. The molecule has 6 nitrogen and oxygen atoms in total. The summed E-state index contributed by atoms with van der Waals surface area (Å²) >= 11 is 6.02. The number of hydrogen-bond donors (Lipinski definition) is 3. The van der Waals surface area contributed by atoms with E-state index in [1.165, 1.54) is 43.5 Å². The van der Waals surface area contributed by atoms with Crippen LogP contribution >= 0.6 is 11.6 Å². The molecule has 0 aromatic heterocycles. The van der Waals surface area contributed by atoms with Crippen molar-refractivity contribution in [1.29, 1.82) is 0 Å². The van der Waals surface area contributed by atoms with E-state index in [2.05, 4.69) is 5.32 Å². The van der Waals surface area contributed by atoms with E-state index in [9.17, 15) is 19.8 Å². The average Bonchev–Trinajstić information content (AvgIpc) is 2.54. The molecule has 0 saturated carbocycles. The number of rotatable bonds is 2. The molecule has 0 radical (unpaired) electrons. The Morgan fingerprint density at radius 1 is 1.17 bits per heavy atom. The van der Waals surface area contributed by atoms with Crippen LogP contribution in [0.1, 0.15) is 15.9 Å². The number of anilines is 1. The largest absolute Gasteiger partial charge is 0.508 e. The summed E-state index contributed by atoms with van der Waals surface area (Å²) in [7, 11) is 1.41. The molecule has 7 heteroatoms. The first-order valence-corrected chi connectivity index (χ1v) is 7.01. The molecule has 2 aromatic carbocycles. The Balaban J connectivity index is 2.16. The standard InChI is InChI=1S/C16H12ClNO5/c1-23-13-7-12-10(6-11(13)17)14(20)16(22,15(21)18-12)8-2-4-9(19)5-3-8/h2-7,19,22H,1H3,(H,18,21). The number of methoxy groups -OCH3 is 1. The lowest BCUT2D eigenvalue weighted by Gasteiger charge is -2.31. The number of phenolic OH excluding ortho intramolecular Hbond substituents is 1. The third kappa shape index (κ3) is 2.23. The van der Waals surface area contributed by atoms with Crippen LogP contribution in [0, 0.1) is 0 Å². The van der Waals surface area contributed by atoms with Crippen LogP contribution in [0.2, 0.25) is 5.02 Å². The number of Topliss-reactive ketones (excluding diaryl/α,β-unsaturated/α-hetero) is 1. The van der Waals surface area contributed by atoms with Gasteiger partial charge in [-0.1, -0.05) is 23.7 Å². The third-order valence-corrected chi connectivity index (χ3v) is 4.02. The van der Waals surface area contributed by atoms with Crippen LogP contribution in [0.3, 0.4) is 0 Å². The second-order valence-corrected chi connectivity index (χ2v) is 5.48. The Bertz CT molecular complexity index is 818. The van der Waals surface area contributed by atoms with Crippen molar-refractivity contribution in [1.82, 2.24) is 0 Å². The summed E-state index contributed by atoms with van der Waals surface area (Å²) in [6.07, 6.45) is 0. The number of amides is 1. The van der Waals surface area contributed by atoms with E-state index < -0.39 is 17.3 Å². The van der Waals surface area contributed by atoms with Crippen LogP contribution in [0.4, 0.5) is 5.69 Å². The molecule has 0 aliphatic carbocycles. The highest BCUT2D eigenvalue weighted by Gasteiger charge is 2.50. The maximum atomic E-state index is 12.7. The first kappa shape index (κ1) is 15.3. The molecular weight excluding hydrogens is 322 g/mol. The molecule has 23 heavy (non-hydrogen) atoms. The number of ketones is 1. The summed E-state index contributed by atoms with van der Waals surface area (Å²) in [6.45, 7) is 0. The lowest BCUT2D eigenvalue weighted by atomic mass is 9.82. The van der Waals surface area contributed by atoms with Crippen LogP contribution in [0.5, 0.6) is 11.5 Å². The second kappa shape index (κ2) is 5.26. The van der Waals surface area contributed by atoms with Crippen molar-refractivity contribution in [2.45, 2.75) is 5.60 Å². The molecule has 1 heterocycles. The highest BCUT2D eigenvalue weighted by molar-refractivity contribution is 6.34. The number of ether oxygens (including phenoxy) is 1. The predicted octanol–water partition coefficient (Wildman–Crippen LogP) is 2.08. The van der Waals surface area contributed by atoms with Gasteiger partial charge in [-0.3, -0.25) is 9.59 Å². The van der Waals surface area contributed by atoms with Crippen molar-refractivity contribution in [2.75, 3.05) is 12.4 Å². The molecule has 2 aromatic rings. The van der Waals surface area contributed by atoms with Gasteiger partial charge in [-0.2, -0.15) is 0 Å². The first-order valence-electron chi connectivity index (χ1n) is 6.63. The van der Waals surface area contributed by atoms with Gasteiger partial charge in [0.1, 0.15) is 11.5 Å². The van der Waals surface area contributed by atoms with Gasteiger partial charge in [0.25, 0.3) is 5.91 Å². The van der Waals surface area contributed by atoms with Gasteiger partial charge >= 0.3 is 0 Å². The fourth-order valence-electron chi connectivity index (χ4n) is 2.48. The number of benzene rings is 2. The smallest absolute Gasteiger partial charge is 0.269 e. The minimum atomic E-state index is -2.39. The fraction of sp³-hybridized carbons (Fsp3) is 0.125. The predicted molar refractivity (Wildman–Crippen MR) is 83.0 cm³/mol. The van der Waals surface area contributed by atoms with Gasteiger partial charge in [-0.05, 0) is 18.2 Å². The Labute approximate surface area is 136 Å². The maximum absolute atomic E-state index is 12.7. The molecule has 0 fully saturated rings. The van der Waals surface area contributed by atoms with Crippen molar-refractivity contribution in [3.8, 4) is 11.5 Å². The molecule has 118 valence electrons. The highest BCUT2D eigenvalue weighted by atomic mass is 35.5. The lowest BCUT2D eigenvalue weighted by Crippen LogP contribution is -2.50. The number of hydrogen-bond acceptors (Lipinski definition) is 5. The van der Waals surface area contributed by atoms with E-state index in [4.69, 9.17) is 16.3 Å². The molecule has 1 unspecified atom stereocenters. The highest BCUT2D eigenvalue weighted by Crippen LogP contribution is 2.39. The Morgan fingerprint density at radius 3 is 2.43 bits per heavy atom. The van der Waals surface area contributed by atoms with E-state index in [-0.39, 0.29) is 27.6 Å². The van der Waals surface area contributed by atoms with Gasteiger partial charge in [0.15, 0.2) is 0 Å². The topological polar surface area (TPSA) is 95.9 Å². The molecule has 3 rings (SSSR count). The zero-order chi connectivity index (χ0) is 16.8. The van der Waals surface area contributed by atoms with Crippen LogP contribution in [0.25, 0.3) is 0 Å². The van der Waals surface area contributed by atoms with E-state index >= 15 is 0 Å². The quantitative estimate of drug-likeness (QED) is 0.731. The normalized spacial score (nSPS) is 20.0. The molecule has 3 N–H and O–H groups in total. The minimum Gasteiger partial charge on any atom is -0.508 e. The summed E-state index contributed by atoms with van der Waals surface area (Å²) < 4.78 is 5.05. The van der Waals surface area contributed by atoms with Crippen LogP contribution in [-0.2, 0) is 10.4 Å². The number of aliphatic hydroxyl groups is 1. The maximum Gasteiger partial charge on any atom is 0.269 e. The number of aromatic hydroxyl groups is 1. The Hall–Kier alpha value is -2.57. The SMILES string of the molecule is COc1cc2c(cc1Cl)C(=O)C(O)(c1ccc(O)cc1)C(=O)N2. The van der Waals surface area contributed by atoms with Crippen LogP contribution in [0.15, 0.2) is 36.4 Å². The van der Waals surface area contributed by atoms with Crippen molar-refractivity contribution in [3.05, 3.63) is 52.5 Å². The third-order valence-electron chi connectivity index (χ3n) is 3.73. The van der Waals surface area contributed by atoms with Gasteiger partial charge < -0.3 is 20.3 Å².